The second-order valence-corrected chi connectivity index (χ2v) is 5.87. The molecule has 0 radical (unpaired) electrons. The number of amides is 1. The van der Waals surface area contributed by atoms with E-state index in [0.717, 1.165) is 5.56 Å². The van der Waals surface area contributed by atoms with Gasteiger partial charge in [0.1, 0.15) is 5.56 Å². The number of benzene rings is 2. The standard InChI is InChI=1S/C19H19N3O2/c1-21-12-14(18(23)17-15(20)9-6-10-16(17)21)19(24)22(2)11-13-7-4-3-5-8-13/h3-10,12H,11,20H2,1-2H3. The van der Waals surface area contributed by atoms with Crippen molar-refractivity contribution in [2.75, 3.05) is 12.8 Å². The van der Waals surface area contributed by atoms with Crippen LogP contribution in [0.5, 0.6) is 0 Å². The first kappa shape index (κ1) is 15.8. The number of rotatable bonds is 3. The Morgan fingerprint density at radius 2 is 1.83 bits per heavy atom. The average Bonchev–Trinajstić information content (AvgIpc) is 2.58. The largest absolute Gasteiger partial charge is 0.398 e. The molecule has 0 aliphatic carbocycles. The highest BCUT2D eigenvalue weighted by atomic mass is 16.2. The highest BCUT2D eigenvalue weighted by Gasteiger charge is 2.19. The van der Waals surface area contributed by atoms with Gasteiger partial charge in [-0.2, -0.15) is 0 Å². The maximum Gasteiger partial charge on any atom is 0.259 e. The molecular formula is C19H19N3O2. The second-order valence-electron chi connectivity index (χ2n) is 5.87. The summed E-state index contributed by atoms with van der Waals surface area (Å²) >= 11 is 0. The smallest absolute Gasteiger partial charge is 0.259 e. The van der Waals surface area contributed by atoms with E-state index in [9.17, 15) is 9.59 Å². The van der Waals surface area contributed by atoms with Crippen LogP contribution < -0.4 is 11.2 Å². The number of aryl methyl sites for hydroxylation is 1. The molecule has 5 nitrogen and oxygen atoms in total. The Morgan fingerprint density at radius 3 is 2.54 bits per heavy atom. The Kier molecular flexibility index (Phi) is 4.08. The van der Waals surface area contributed by atoms with Gasteiger partial charge in [0.05, 0.1) is 10.9 Å². The molecule has 0 unspecified atom stereocenters. The summed E-state index contributed by atoms with van der Waals surface area (Å²) in [4.78, 5) is 27.0. The van der Waals surface area contributed by atoms with Crippen LogP contribution in [0.1, 0.15) is 15.9 Å². The molecule has 1 aromatic heterocycles. The van der Waals surface area contributed by atoms with Crippen LogP contribution in [0.2, 0.25) is 0 Å². The molecular weight excluding hydrogens is 302 g/mol. The molecule has 0 bridgehead atoms. The quantitative estimate of drug-likeness (QED) is 0.753. The topological polar surface area (TPSA) is 68.3 Å². The van der Waals surface area contributed by atoms with Crippen molar-refractivity contribution in [2.24, 2.45) is 7.05 Å². The Labute approximate surface area is 139 Å². The normalized spacial score (nSPS) is 10.8. The minimum Gasteiger partial charge on any atom is -0.398 e. The van der Waals surface area contributed by atoms with E-state index in [2.05, 4.69) is 0 Å². The number of nitrogens with zero attached hydrogens (tertiary/aromatic N) is 2. The molecule has 1 amide bonds. The first-order valence-corrected chi connectivity index (χ1v) is 7.66. The third-order valence-corrected chi connectivity index (χ3v) is 4.09. The Balaban J connectivity index is 2.03. The molecule has 24 heavy (non-hydrogen) atoms. The summed E-state index contributed by atoms with van der Waals surface area (Å²) in [6.45, 7) is 0.436. The number of nitrogens with two attached hydrogens (primary N) is 1. The molecule has 0 spiro atoms. The third-order valence-electron chi connectivity index (χ3n) is 4.09. The summed E-state index contributed by atoms with van der Waals surface area (Å²) < 4.78 is 1.76. The summed E-state index contributed by atoms with van der Waals surface area (Å²) in [6, 6.07) is 14.9. The lowest BCUT2D eigenvalue weighted by Gasteiger charge is -2.18. The van der Waals surface area contributed by atoms with E-state index in [-0.39, 0.29) is 16.9 Å². The van der Waals surface area contributed by atoms with Gasteiger partial charge in [-0.1, -0.05) is 36.4 Å². The lowest BCUT2D eigenvalue weighted by Crippen LogP contribution is -2.31. The number of pyridine rings is 1. The zero-order chi connectivity index (χ0) is 17.3. The third kappa shape index (κ3) is 2.76. The maximum absolute atomic E-state index is 12.8. The lowest BCUT2D eigenvalue weighted by atomic mass is 10.1. The molecule has 0 aliphatic heterocycles. The number of fused-ring (bicyclic) bond motifs is 1. The SMILES string of the molecule is CN(Cc1ccccc1)C(=O)c1cn(C)c2cccc(N)c2c1=O. The molecule has 0 saturated heterocycles. The fourth-order valence-electron chi connectivity index (χ4n) is 2.84. The monoisotopic (exact) mass is 321 g/mol. The van der Waals surface area contributed by atoms with Crippen molar-refractivity contribution in [2.45, 2.75) is 6.54 Å². The summed E-state index contributed by atoms with van der Waals surface area (Å²) in [5.41, 5.74) is 7.85. The number of aromatic nitrogens is 1. The number of nitrogen functional groups attached to an aromatic ring is 1. The summed E-state index contributed by atoms with van der Waals surface area (Å²) in [5, 5.41) is 0.388. The zero-order valence-corrected chi connectivity index (χ0v) is 13.7. The van der Waals surface area contributed by atoms with E-state index in [1.807, 2.05) is 36.4 Å². The predicted molar refractivity (Wildman–Crippen MR) is 95.8 cm³/mol. The molecule has 0 saturated carbocycles. The van der Waals surface area contributed by atoms with Crippen molar-refractivity contribution >= 4 is 22.5 Å². The summed E-state index contributed by atoms with van der Waals surface area (Å²) in [5.74, 6) is -0.315. The van der Waals surface area contributed by atoms with E-state index in [4.69, 9.17) is 5.73 Å². The van der Waals surface area contributed by atoms with Gasteiger partial charge < -0.3 is 15.2 Å². The van der Waals surface area contributed by atoms with Crippen LogP contribution in [0.15, 0.2) is 59.5 Å². The molecule has 3 aromatic rings. The van der Waals surface area contributed by atoms with Crippen molar-refractivity contribution in [1.29, 1.82) is 0 Å². The summed E-state index contributed by atoms with van der Waals surface area (Å²) in [7, 11) is 3.49. The van der Waals surface area contributed by atoms with Crippen LogP contribution in [0.3, 0.4) is 0 Å². The van der Waals surface area contributed by atoms with Crippen molar-refractivity contribution in [3.63, 3.8) is 0 Å². The van der Waals surface area contributed by atoms with Gasteiger partial charge in [-0.3, -0.25) is 9.59 Å². The van der Waals surface area contributed by atoms with Crippen molar-refractivity contribution in [1.82, 2.24) is 9.47 Å². The Hall–Kier alpha value is -3.08. The number of carbonyl (C=O) groups excluding carboxylic acids is 1. The summed E-state index contributed by atoms with van der Waals surface area (Å²) in [6.07, 6.45) is 1.58. The molecule has 0 fully saturated rings. The first-order valence-electron chi connectivity index (χ1n) is 7.66. The van der Waals surface area contributed by atoms with Gasteiger partial charge >= 0.3 is 0 Å². The van der Waals surface area contributed by atoms with Crippen LogP contribution in [-0.2, 0) is 13.6 Å². The maximum atomic E-state index is 12.8. The highest BCUT2D eigenvalue weighted by molar-refractivity contribution is 6.00. The van der Waals surface area contributed by atoms with E-state index in [1.54, 1.807) is 37.0 Å². The fraction of sp³-hybridized carbons (Fsp3) is 0.158. The van der Waals surface area contributed by atoms with Crippen LogP contribution in [0.4, 0.5) is 5.69 Å². The number of carbonyl (C=O) groups is 1. The van der Waals surface area contributed by atoms with Crippen molar-refractivity contribution in [3.05, 3.63) is 76.1 Å². The van der Waals surface area contributed by atoms with Gasteiger partial charge in [0.2, 0.25) is 5.43 Å². The van der Waals surface area contributed by atoms with Gasteiger partial charge in [-0.15, -0.1) is 0 Å². The van der Waals surface area contributed by atoms with Crippen LogP contribution in [0.25, 0.3) is 10.9 Å². The van der Waals surface area contributed by atoms with Crippen LogP contribution in [-0.4, -0.2) is 22.4 Å². The van der Waals surface area contributed by atoms with Gasteiger partial charge in [0, 0.05) is 32.5 Å². The van der Waals surface area contributed by atoms with E-state index in [0.29, 0.717) is 23.1 Å². The van der Waals surface area contributed by atoms with Crippen molar-refractivity contribution < 1.29 is 4.79 Å². The molecule has 3 rings (SSSR count). The predicted octanol–water partition coefficient (Wildman–Crippen LogP) is 2.39. The Morgan fingerprint density at radius 1 is 1.12 bits per heavy atom. The van der Waals surface area contributed by atoms with Gasteiger partial charge in [0.25, 0.3) is 5.91 Å². The van der Waals surface area contributed by atoms with Crippen molar-refractivity contribution in [3.8, 4) is 0 Å². The minimum atomic E-state index is -0.328. The molecule has 5 heteroatoms. The zero-order valence-electron chi connectivity index (χ0n) is 13.7. The van der Waals surface area contributed by atoms with Gasteiger partial charge in [-0.25, -0.2) is 0 Å². The molecule has 1 heterocycles. The fourth-order valence-corrected chi connectivity index (χ4v) is 2.84. The number of hydrogen-bond acceptors (Lipinski definition) is 3. The molecule has 2 N–H and O–H groups in total. The van der Waals surface area contributed by atoms with Crippen LogP contribution >= 0.6 is 0 Å². The molecule has 122 valence electrons. The van der Waals surface area contributed by atoms with Gasteiger partial charge in [-0.05, 0) is 17.7 Å². The highest BCUT2D eigenvalue weighted by Crippen LogP contribution is 2.18. The average molecular weight is 321 g/mol. The van der Waals surface area contributed by atoms with E-state index >= 15 is 0 Å². The molecule has 2 aromatic carbocycles. The molecule has 0 atom stereocenters. The van der Waals surface area contributed by atoms with E-state index in [1.165, 1.54) is 4.90 Å². The first-order chi connectivity index (χ1) is 11.5. The lowest BCUT2D eigenvalue weighted by molar-refractivity contribution is 0.0783. The number of anilines is 1. The van der Waals surface area contributed by atoms with Gasteiger partial charge in [0.15, 0.2) is 0 Å². The minimum absolute atomic E-state index is 0.126. The molecule has 0 aliphatic rings. The van der Waals surface area contributed by atoms with E-state index < -0.39 is 0 Å². The second kappa shape index (κ2) is 6.20. The van der Waals surface area contributed by atoms with Crippen LogP contribution in [0, 0.1) is 0 Å². The number of hydrogen-bond donors (Lipinski definition) is 1. The Bertz CT molecular complexity index is 962.